The minimum atomic E-state index is -0.443. The normalized spacial score (nSPS) is 30.2. The van der Waals surface area contributed by atoms with E-state index in [0.29, 0.717) is 38.1 Å². The van der Waals surface area contributed by atoms with Crippen molar-refractivity contribution >= 4 is 17.5 Å². The number of rotatable bonds is 3. The fourth-order valence-electron chi connectivity index (χ4n) is 5.84. The van der Waals surface area contributed by atoms with Crippen molar-refractivity contribution in [2.24, 2.45) is 17.8 Å². The number of carbonyl (C=O) groups is 2. The summed E-state index contributed by atoms with van der Waals surface area (Å²) in [5, 5.41) is 0. The molecule has 8 heteroatoms. The lowest BCUT2D eigenvalue weighted by Gasteiger charge is -2.47. The van der Waals surface area contributed by atoms with Gasteiger partial charge >= 0.3 is 0 Å². The summed E-state index contributed by atoms with van der Waals surface area (Å²) in [7, 11) is 3.56. The van der Waals surface area contributed by atoms with Crippen LogP contribution >= 0.6 is 0 Å². The topological polar surface area (TPSA) is 70.9 Å². The third-order valence-corrected chi connectivity index (χ3v) is 7.62. The molecule has 6 rings (SSSR count). The fourth-order valence-corrected chi connectivity index (χ4v) is 5.84. The van der Waals surface area contributed by atoms with Crippen molar-refractivity contribution in [1.82, 2.24) is 19.4 Å². The first kappa shape index (κ1) is 18.9. The number of likely N-dealkylation sites (N-methyl/N-ethyl adjacent to an activating group) is 1. The number of likely N-dealkylation sites (tertiary alicyclic amines) is 1. The molecule has 3 aliphatic heterocycles. The van der Waals surface area contributed by atoms with Crippen LogP contribution in [0.1, 0.15) is 12.1 Å². The first-order valence-electron chi connectivity index (χ1n) is 11.0. The Morgan fingerprint density at radius 3 is 2.81 bits per heavy atom. The second kappa shape index (κ2) is 6.56. The van der Waals surface area contributed by atoms with Crippen LogP contribution in [0.4, 0.5) is 5.69 Å². The van der Waals surface area contributed by atoms with Crippen molar-refractivity contribution in [3.05, 3.63) is 42.4 Å². The molecular weight excluding hydrogens is 394 g/mol. The molecule has 2 amide bonds. The lowest BCUT2D eigenvalue weighted by molar-refractivity contribution is -0.133. The molecular formula is C23H27N5O3. The van der Waals surface area contributed by atoms with Gasteiger partial charge in [-0.15, -0.1) is 0 Å². The van der Waals surface area contributed by atoms with Gasteiger partial charge in [0.15, 0.2) is 5.82 Å². The van der Waals surface area contributed by atoms with E-state index in [9.17, 15) is 9.59 Å². The van der Waals surface area contributed by atoms with Crippen LogP contribution in [0, 0.1) is 17.8 Å². The van der Waals surface area contributed by atoms with E-state index < -0.39 is 5.54 Å². The summed E-state index contributed by atoms with van der Waals surface area (Å²) >= 11 is 0. The van der Waals surface area contributed by atoms with Crippen LogP contribution in [0.3, 0.4) is 0 Å². The zero-order valence-electron chi connectivity index (χ0n) is 17.9. The highest BCUT2D eigenvalue weighted by Gasteiger charge is 2.61. The smallest absolute Gasteiger partial charge is 0.241 e. The highest BCUT2D eigenvalue weighted by atomic mass is 16.5. The molecule has 0 N–H and O–H groups in total. The molecule has 1 aliphatic carbocycles. The maximum Gasteiger partial charge on any atom is 0.241 e. The average Bonchev–Trinajstić information content (AvgIpc) is 3.25. The number of anilines is 1. The van der Waals surface area contributed by atoms with Crippen molar-refractivity contribution in [2.75, 3.05) is 51.8 Å². The van der Waals surface area contributed by atoms with Crippen molar-refractivity contribution in [3.8, 4) is 5.82 Å². The maximum absolute atomic E-state index is 13.3. The van der Waals surface area contributed by atoms with Crippen LogP contribution in [-0.2, 0) is 19.9 Å². The first-order valence-corrected chi connectivity index (χ1v) is 11.0. The Kier molecular flexibility index (Phi) is 3.99. The number of pyridine rings is 1. The van der Waals surface area contributed by atoms with Gasteiger partial charge in [-0.1, -0.05) is 0 Å². The van der Waals surface area contributed by atoms with E-state index in [0.717, 1.165) is 23.6 Å². The van der Waals surface area contributed by atoms with E-state index in [1.165, 1.54) is 0 Å². The largest absolute Gasteiger partial charge is 0.381 e. The molecule has 162 valence electrons. The quantitative estimate of drug-likeness (QED) is 0.742. The summed E-state index contributed by atoms with van der Waals surface area (Å²) < 4.78 is 7.61. The Morgan fingerprint density at radius 2 is 2.03 bits per heavy atom. The van der Waals surface area contributed by atoms with Crippen LogP contribution in [0.15, 0.2) is 36.7 Å². The Morgan fingerprint density at radius 1 is 1.23 bits per heavy atom. The minimum Gasteiger partial charge on any atom is -0.381 e. The summed E-state index contributed by atoms with van der Waals surface area (Å²) in [6.45, 7) is 2.96. The van der Waals surface area contributed by atoms with Crippen molar-refractivity contribution < 1.29 is 14.3 Å². The summed E-state index contributed by atoms with van der Waals surface area (Å²) in [5.74, 6) is 2.03. The molecule has 2 aromatic rings. The highest BCUT2D eigenvalue weighted by molar-refractivity contribution is 5.85. The maximum atomic E-state index is 13.3. The number of hydrogen-bond donors (Lipinski definition) is 0. The predicted octanol–water partition coefficient (Wildman–Crippen LogP) is 1.10. The average molecular weight is 422 g/mol. The van der Waals surface area contributed by atoms with E-state index in [-0.39, 0.29) is 24.3 Å². The Bertz CT molecular complexity index is 1050. The van der Waals surface area contributed by atoms with Gasteiger partial charge in [-0.3, -0.25) is 9.59 Å². The molecule has 3 fully saturated rings. The molecule has 2 aromatic heterocycles. The standard InChI is InChI=1S/C23H27N5O3/c1-25(2)19(29)11-28-17-5-3-8-24-21(17)27-9-4-6-18(27)23(28)7-10-26(14-23)22(30)20-15-12-31-13-16(15)20/h3-6,8-9,15-16,20H,7,10-14H2,1-2H3/t15-,16+,20?,23?. The summed E-state index contributed by atoms with van der Waals surface area (Å²) in [5.41, 5.74) is 1.59. The van der Waals surface area contributed by atoms with E-state index in [2.05, 4.69) is 20.5 Å². The lowest BCUT2D eigenvalue weighted by atomic mass is 9.88. The van der Waals surface area contributed by atoms with Crippen LogP contribution in [0.5, 0.6) is 0 Å². The number of hydrogen-bond acceptors (Lipinski definition) is 5. The van der Waals surface area contributed by atoms with Crippen LogP contribution in [0.25, 0.3) is 5.82 Å². The van der Waals surface area contributed by atoms with E-state index >= 15 is 0 Å². The zero-order valence-corrected chi connectivity index (χ0v) is 17.9. The molecule has 5 heterocycles. The van der Waals surface area contributed by atoms with Crippen LogP contribution in [0.2, 0.25) is 0 Å². The van der Waals surface area contributed by atoms with Gasteiger partial charge in [0.2, 0.25) is 11.8 Å². The minimum absolute atomic E-state index is 0.0350. The molecule has 0 bridgehead atoms. The van der Waals surface area contributed by atoms with E-state index in [4.69, 9.17) is 4.74 Å². The Hall–Kier alpha value is -2.87. The van der Waals surface area contributed by atoms with Crippen LogP contribution in [-0.4, -0.2) is 78.1 Å². The number of nitrogens with zero attached hydrogens (tertiary/aromatic N) is 5. The lowest BCUT2D eigenvalue weighted by Crippen LogP contribution is -2.55. The Labute approximate surface area is 181 Å². The molecule has 4 aliphatic rings. The number of aromatic nitrogens is 2. The van der Waals surface area contributed by atoms with Crippen molar-refractivity contribution in [1.29, 1.82) is 0 Å². The van der Waals surface area contributed by atoms with Gasteiger partial charge in [0.1, 0.15) is 5.54 Å². The molecule has 1 spiro atoms. The molecule has 1 saturated carbocycles. The van der Waals surface area contributed by atoms with Gasteiger partial charge in [0, 0.05) is 45.5 Å². The predicted molar refractivity (Wildman–Crippen MR) is 114 cm³/mol. The monoisotopic (exact) mass is 421 g/mol. The van der Waals surface area contributed by atoms with Crippen LogP contribution < -0.4 is 4.90 Å². The molecule has 0 radical (unpaired) electrons. The van der Waals surface area contributed by atoms with E-state index in [1.807, 2.05) is 29.3 Å². The summed E-state index contributed by atoms with van der Waals surface area (Å²) in [4.78, 5) is 36.6. The van der Waals surface area contributed by atoms with Crippen molar-refractivity contribution in [2.45, 2.75) is 12.0 Å². The fraction of sp³-hybridized carbons (Fsp3) is 0.522. The highest BCUT2D eigenvalue weighted by Crippen LogP contribution is 2.53. The second-order valence-corrected chi connectivity index (χ2v) is 9.42. The molecule has 0 aromatic carbocycles. The molecule has 31 heavy (non-hydrogen) atoms. The second-order valence-electron chi connectivity index (χ2n) is 9.42. The summed E-state index contributed by atoms with van der Waals surface area (Å²) in [6, 6.07) is 8.08. The number of fused-ring (bicyclic) bond motifs is 5. The van der Waals surface area contributed by atoms with Gasteiger partial charge < -0.3 is 24.0 Å². The van der Waals surface area contributed by atoms with Gasteiger partial charge in [0.05, 0.1) is 31.1 Å². The number of ether oxygens (including phenoxy) is 1. The van der Waals surface area contributed by atoms with Gasteiger partial charge in [0.25, 0.3) is 0 Å². The molecule has 4 atom stereocenters. The number of carbonyl (C=O) groups excluding carboxylic acids is 2. The van der Waals surface area contributed by atoms with Crippen molar-refractivity contribution in [3.63, 3.8) is 0 Å². The van der Waals surface area contributed by atoms with Gasteiger partial charge in [-0.25, -0.2) is 4.98 Å². The zero-order chi connectivity index (χ0) is 21.3. The van der Waals surface area contributed by atoms with Gasteiger partial charge in [-0.2, -0.15) is 0 Å². The Balaban J connectivity index is 1.39. The molecule has 2 saturated heterocycles. The molecule has 2 unspecified atom stereocenters. The molecule has 8 nitrogen and oxygen atoms in total. The first-order chi connectivity index (χ1) is 15.0. The third-order valence-electron chi connectivity index (χ3n) is 7.62. The van der Waals surface area contributed by atoms with E-state index in [1.54, 1.807) is 25.2 Å². The summed E-state index contributed by atoms with van der Waals surface area (Å²) in [6.07, 6.45) is 4.60. The van der Waals surface area contributed by atoms with Gasteiger partial charge in [-0.05, 0) is 42.5 Å². The SMILES string of the molecule is CN(C)C(=O)CN1c2cccnc2-n2cccc2C12CCN(C(=O)C1[C@H]3COC[C@@H]13)C2. The third kappa shape index (κ3) is 2.60. The number of amides is 2.